The summed E-state index contributed by atoms with van der Waals surface area (Å²) in [5.74, 6) is -0.437. The van der Waals surface area contributed by atoms with Crippen LogP contribution in [0.4, 0.5) is 14.5 Å². The highest BCUT2D eigenvalue weighted by Gasteiger charge is 2.26. The summed E-state index contributed by atoms with van der Waals surface area (Å²) in [5, 5.41) is 6.09. The Bertz CT molecular complexity index is 501. The number of halogens is 2. The van der Waals surface area contributed by atoms with E-state index in [2.05, 4.69) is 15.3 Å². The molecule has 0 radical (unpaired) electrons. The van der Waals surface area contributed by atoms with Crippen LogP contribution in [0.5, 0.6) is 0 Å². The fraction of sp³-hybridized carbons (Fsp3) is 0.333. The summed E-state index contributed by atoms with van der Waals surface area (Å²) in [6, 6.07) is 5.43. The van der Waals surface area contributed by atoms with Crippen molar-refractivity contribution in [2.75, 3.05) is 11.9 Å². The Balaban J connectivity index is 2.22. The lowest BCUT2D eigenvalue weighted by molar-refractivity contribution is -0.110. The summed E-state index contributed by atoms with van der Waals surface area (Å²) in [4.78, 5) is 16.0. The predicted octanol–water partition coefficient (Wildman–Crippen LogP) is 2.19. The first kappa shape index (κ1) is 12.5. The number of benzene rings is 1. The van der Waals surface area contributed by atoms with E-state index < -0.39 is 18.9 Å². The molecule has 0 spiro atoms. The van der Waals surface area contributed by atoms with Crippen LogP contribution in [0.2, 0.25) is 0 Å². The molecule has 1 N–H and O–H groups in total. The van der Waals surface area contributed by atoms with Crippen molar-refractivity contribution in [1.29, 1.82) is 0 Å². The molecule has 18 heavy (non-hydrogen) atoms. The van der Waals surface area contributed by atoms with E-state index in [1.807, 2.05) is 19.1 Å². The lowest BCUT2D eigenvalue weighted by Gasteiger charge is -2.01. The number of anilines is 1. The Hall–Kier alpha value is -1.98. The Morgan fingerprint density at radius 3 is 2.89 bits per heavy atom. The molecule has 0 bridgehead atoms. The van der Waals surface area contributed by atoms with Crippen LogP contribution in [0.25, 0.3) is 0 Å². The van der Waals surface area contributed by atoms with Gasteiger partial charge in [0.05, 0.1) is 5.69 Å². The normalized spacial score (nSPS) is 16.0. The topological polar surface area (TPSA) is 50.7 Å². The number of hydrogen-bond donors (Lipinski definition) is 1. The SMILES string of the molecule is CCc1ccc2c(c1)NC(=O)C2=NOCC(F)F. The maximum Gasteiger partial charge on any atom is 0.278 e. The number of nitrogens with zero attached hydrogens (tertiary/aromatic N) is 1. The van der Waals surface area contributed by atoms with Gasteiger partial charge in [-0.1, -0.05) is 24.2 Å². The fourth-order valence-corrected chi connectivity index (χ4v) is 1.67. The third-order valence-corrected chi connectivity index (χ3v) is 2.57. The maximum absolute atomic E-state index is 11.9. The number of carbonyl (C=O) groups excluding carboxylic acids is 1. The molecule has 2 rings (SSSR count). The van der Waals surface area contributed by atoms with Gasteiger partial charge < -0.3 is 10.2 Å². The van der Waals surface area contributed by atoms with Gasteiger partial charge in [-0.3, -0.25) is 4.79 Å². The molecule has 1 amide bonds. The van der Waals surface area contributed by atoms with Gasteiger partial charge in [-0.05, 0) is 18.1 Å². The molecule has 0 atom stereocenters. The highest BCUT2D eigenvalue weighted by Crippen LogP contribution is 2.25. The molecule has 1 aromatic rings. The molecule has 0 aliphatic carbocycles. The van der Waals surface area contributed by atoms with Crippen molar-refractivity contribution < 1.29 is 18.4 Å². The molecule has 6 heteroatoms. The Morgan fingerprint density at radius 1 is 1.44 bits per heavy atom. The number of amides is 1. The third kappa shape index (κ3) is 2.47. The second-order valence-corrected chi connectivity index (χ2v) is 3.81. The largest absolute Gasteiger partial charge is 0.389 e. The number of aryl methyl sites for hydroxylation is 1. The number of rotatable bonds is 4. The molecule has 1 aliphatic heterocycles. The minimum Gasteiger partial charge on any atom is -0.389 e. The molecule has 1 aliphatic rings. The summed E-state index contributed by atoms with van der Waals surface area (Å²) < 4.78 is 23.8. The average Bonchev–Trinajstić information content (AvgIpc) is 2.64. The number of fused-ring (bicyclic) bond motifs is 1. The maximum atomic E-state index is 11.9. The van der Waals surface area contributed by atoms with Crippen LogP contribution in [0.3, 0.4) is 0 Å². The van der Waals surface area contributed by atoms with Crippen molar-refractivity contribution in [1.82, 2.24) is 0 Å². The smallest absolute Gasteiger partial charge is 0.278 e. The zero-order chi connectivity index (χ0) is 13.1. The van der Waals surface area contributed by atoms with Crippen LogP contribution in [0.15, 0.2) is 23.4 Å². The number of nitrogens with one attached hydrogen (secondary N) is 1. The van der Waals surface area contributed by atoms with Crippen LogP contribution in [0, 0.1) is 0 Å². The summed E-state index contributed by atoms with van der Waals surface area (Å²) in [6.07, 6.45) is -1.77. The zero-order valence-corrected chi connectivity index (χ0v) is 9.74. The third-order valence-electron chi connectivity index (χ3n) is 2.57. The lowest BCUT2D eigenvalue weighted by Crippen LogP contribution is -2.15. The van der Waals surface area contributed by atoms with Gasteiger partial charge in [0.2, 0.25) is 0 Å². The summed E-state index contributed by atoms with van der Waals surface area (Å²) in [5.41, 5.74) is 2.32. The number of hydrogen-bond acceptors (Lipinski definition) is 3. The second kappa shape index (κ2) is 5.12. The van der Waals surface area contributed by atoms with Crippen LogP contribution in [-0.2, 0) is 16.1 Å². The molecular formula is C12H12F2N2O2. The first-order valence-electron chi connectivity index (χ1n) is 5.54. The van der Waals surface area contributed by atoms with E-state index in [4.69, 9.17) is 0 Å². The molecule has 0 unspecified atom stereocenters. The standard InChI is InChI=1S/C12H12F2N2O2/c1-2-7-3-4-8-9(5-7)15-12(17)11(8)16-18-6-10(13)14/h3-5,10H,2,6H2,1H3,(H,15,16,17). The van der Waals surface area contributed by atoms with E-state index in [1.165, 1.54) is 0 Å². The Kier molecular flexibility index (Phi) is 3.55. The molecule has 4 nitrogen and oxygen atoms in total. The van der Waals surface area contributed by atoms with Crippen LogP contribution < -0.4 is 5.32 Å². The first-order valence-corrected chi connectivity index (χ1v) is 5.54. The van der Waals surface area contributed by atoms with Crippen molar-refractivity contribution in [2.45, 2.75) is 19.8 Å². The van der Waals surface area contributed by atoms with Crippen molar-refractivity contribution in [2.24, 2.45) is 5.16 Å². The van der Waals surface area contributed by atoms with E-state index in [9.17, 15) is 13.6 Å². The van der Waals surface area contributed by atoms with Gasteiger partial charge in [0, 0.05) is 5.56 Å². The molecule has 0 saturated heterocycles. The Morgan fingerprint density at radius 2 is 2.22 bits per heavy atom. The zero-order valence-electron chi connectivity index (χ0n) is 9.74. The number of carbonyl (C=O) groups is 1. The van der Waals surface area contributed by atoms with E-state index in [0.717, 1.165) is 12.0 Å². The lowest BCUT2D eigenvalue weighted by atomic mass is 10.1. The monoisotopic (exact) mass is 254 g/mol. The van der Waals surface area contributed by atoms with Gasteiger partial charge >= 0.3 is 0 Å². The van der Waals surface area contributed by atoms with Gasteiger partial charge in [0.15, 0.2) is 12.3 Å². The predicted molar refractivity (Wildman–Crippen MR) is 62.9 cm³/mol. The molecule has 0 fully saturated rings. The summed E-state index contributed by atoms with van der Waals surface area (Å²) >= 11 is 0. The van der Waals surface area contributed by atoms with Gasteiger partial charge in [0.1, 0.15) is 0 Å². The van der Waals surface area contributed by atoms with Gasteiger partial charge in [-0.25, -0.2) is 8.78 Å². The summed E-state index contributed by atoms with van der Waals surface area (Å²) in [7, 11) is 0. The first-order chi connectivity index (χ1) is 8.61. The number of alkyl halides is 2. The van der Waals surface area contributed by atoms with Crippen molar-refractivity contribution >= 4 is 17.3 Å². The van der Waals surface area contributed by atoms with Crippen LogP contribution in [0.1, 0.15) is 18.1 Å². The summed E-state index contributed by atoms with van der Waals surface area (Å²) in [6.45, 7) is 1.18. The van der Waals surface area contributed by atoms with E-state index in [-0.39, 0.29) is 5.71 Å². The van der Waals surface area contributed by atoms with Crippen molar-refractivity contribution in [3.05, 3.63) is 29.3 Å². The van der Waals surface area contributed by atoms with Crippen molar-refractivity contribution in [3.63, 3.8) is 0 Å². The molecule has 0 saturated carbocycles. The van der Waals surface area contributed by atoms with Gasteiger partial charge in [-0.15, -0.1) is 0 Å². The van der Waals surface area contributed by atoms with Gasteiger partial charge in [-0.2, -0.15) is 0 Å². The fourth-order valence-electron chi connectivity index (χ4n) is 1.67. The highest BCUT2D eigenvalue weighted by atomic mass is 19.3. The molecule has 1 heterocycles. The average molecular weight is 254 g/mol. The molecule has 0 aromatic heterocycles. The second-order valence-electron chi connectivity index (χ2n) is 3.81. The van der Waals surface area contributed by atoms with E-state index in [0.29, 0.717) is 11.3 Å². The molecular weight excluding hydrogens is 242 g/mol. The highest BCUT2D eigenvalue weighted by molar-refractivity contribution is 6.53. The number of oxime groups is 1. The van der Waals surface area contributed by atoms with E-state index in [1.54, 1.807) is 6.07 Å². The molecule has 1 aromatic carbocycles. The van der Waals surface area contributed by atoms with Crippen molar-refractivity contribution in [3.8, 4) is 0 Å². The molecule has 96 valence electrons. The van der Waals surface area contributed by atoms with E-state index >= 15 is 0 Å². The van der Waals surface area contributed by atoms with Crippen LogP contribution >= 0.6 is 0 Å². The minimum absolute atomic E-state index is 0.0355. The Labute approximate surface area is 103 Å². The van der Waals surface area contributed by atoms with Gasteiger partial charge in [0.25, 0.3) is 12.3 Å². The minimum atomic E-state index is -2.61. The van der Waals surface area contributed by atoms with Crippen LogP contribution in [-0.4, -0.2) is 24.7 Å². The quantitative estimate of drug-likeness (QED) is 0.837.